The molecule has 1 N–H and O–H groups in total. The second-order valence-electron chi connectivity index (χ2n) is 3.01. The Labute approximate surface area is 85.2 Å². The number of para-hydroxylation sites is 1. The van der Waals surface area contributed by atoms with Gasteiger partial charge in [-0.15, -0.1) is 0 Å². The van der Waals surface area contributed by atoms with Gasteiger partial charge < -0.3 is 5.11 Å². The molecular weight excluding hydrogens is 191 g/mol. The number of phenols is 1. The van der Waals surface area contributed by atoms with Gasteiger partial charge in [-0.25, -0.2) is 0 Å². The number of aromatic hydroxyl groups is 1. The van der Waals surface area contributed by atoms with Crippen molar-refractivity contribution in [3.8, 4) is 5.75 Å². The molecule has 0 saturated carbocycles. The van der Waals surface area contributed by atoms with Crippen LogP contribution in [-0.4, -0.2) is 5.11 Å². The fourth-order valence-electron chi connectivity index (χ4n) is 1.26. The van der Waals surface area contributed by atoms with Crippen molar-refractivity contribution >= 4 is 19.2 Å². The molecule has 0 spiro atoms. The summed E-state index contributed by atoms with van der Waals surface area (Å²) >= 11 is 0. The van der Waals surface area contributed by atoms with E-state index in [0.29, 0.717) is 14.3 Å². The Morgan fingerprint density at radius 1 is 0.786 bits per heavy atom. The van der Waals surface area contributed by atoms with E-state index < -0.39 is 0 Å². The molecule has 0 amide bonds. The average molecular weight is 202 g/mol. The minimum absolute atomic E-state index is 0.384. The molecule has 2 heteroatoms. The van der Waals surface area contributed by atoms with Gasteiger partial charge in [-0.3, -0.25) is 0 Å². The monoisotopic (exact) mass is 202 g/mol. The van der Waals surface area contributed by atoms with Crippen LogP contribution in [-0.2, 0) is 0 Å². The van der Waals surface area contributed by atoms with Crippen molar-refractivity contribution in [2.24, 2.45) is 0 Å². The Hall–Kier alpha value is -1.33. The van der Waals surface area contributed by atoms with Crippen LogP contribution >= 0.6 is 8.58 Å². The Bertz CT molecular complexity index is 412. The van der Waals surface area contributed by atoms with Gasteiger partial charge in [-0.2, -0.15) is 0 Å². The van der Waals surface area contributed by atoms with Gasteiger partial charge in [0.15, 0.2) is 0 Å². The number of hydrogen-bond donors (Lipinski definition) is 1. The van der Waals surface area contributed by atoms with Crippen molar-refractivity contribution in [1.82, 2.24) is 0 Å². The molecular formula is C12H11OP. The third kappa shape index (κ3) is 2.12. The van der Waals surface area contributed by atoms with Gasteiger partial charge in [0.2, 0.25) is 0 Å². The first-order valence-corrected chi connectivity index (χ1v) is 5.46. The van der Waals surface area contributed by atoms with Crippen LogP contribution in [0.15, 0.2) is 54.6 Å². The predicted octanol–water partition coefficient (Wildman–Crippen LogP) is 2.02. The van der Waals surface area contributed by atoms with E-state index >= 15 is 0 Å². The highest BCUT2D eigenvalue weighted by Gasteiger charge is 1.99. The van der Waals surface area contributed by atoms with Gasteiger partial charge in [0.1, 0.15) is 5.75 Å². The highest BCUT2D eigenvalue weighted by atomic mass is 31.1. The lowest BCUT2D eigenvalue weighted by atomic mass is 10.3. The Kier molecular flexibility index (Phi) is 2.81. The van der Waals surface area contributed by atoms with Gasteiger partial charge in [0.05, 0.1) is 0 Å². The molecule has 0 saturated heterocycles. The van der Waals surface area contributed by atoms with E-state index in [9.17, 15) is 5.11 Å². The molecule has 0 radical (unpaired) electrons. The number of rotatable bonds is 2. The third-order valence-electron chi connectivity index (χ3n) is 1.96. The summed E-state index contributed by atoms with van der Waals surface area (Å²) in [7, 11) is 0.526. The summed E-state index contributed by atoms with van der Waals surface area (Å²) < 4.78 is 0. The van der Waals surface area contributed by atoms with Gasteiger partial charge in [0.25, 0.3) is 0 Å². The van der Waals surface area contributed by atoms with E-state index in [1.165, 1.54) is 5.30 Å². The lowest BCUT2D eigenvalue weighted by molar-refractivity contribution is 0.480. The van der Waals surface area contributed by atoms with Crippen LogP contribution < -0.4 is 10.6 Å². The summed E-state index contributed by atoms with van der Waals surface area (Å²) in [5.41, 5.74) is 0. The molecule has 1 unspecified atom stereocenters. The molecule has 1 atom stereocenters. The minimum Gasteiger partial charge on any atom is -0.507 e. The maximum Gasteiger partial charge on any atom is 0.123 e. The van der Waals surface area contributed by atoms with Crippen LogP contribution in [0.2, 0.25) is 0 Å². The zero-order chi connectivity index (χ0) is 9.80. The smallest absolute Gasteiger partial charge is 0.123 e. The second-order valence-corrected chi connectivity index (χ2v) is 4.37. The molecule has 1 nitrogen and oxygen atoms in total. The standard InChI is InChI=1S/C12H11OP/c13-11-8-4-5-9-12(11)14-10-6-2-1-3-7-10/h1-9,13-14H. The Morgan fingerprint density at radius 3 is 2.14 bits per heavy atom. The quantitative estimate of drug-likeness (QED) is 0.739. The fourth-order valence-corrected chi connectivity index (χ4v) is 2.32. The molecule has 0 aliphatic rings. The molecule has 2 rings (SSSR count). The van der Waals surface area contributed by atoms with Crippen LogP contribution in [0.5, 0.6) is 5.75 Å². The van der Waals surface area contributed by atoms with E-state index in [2.05, 4.69) is 12.1 Å². The molecule has 2 aromatic carbocycles. The molecule has 0 aliphatic heterocycles. The van der Waals surface area contributed by atoms with Crippen molar-refractivity contribution in [3.05, 3.63) is 54.6 Å². The van der Waals surface area contributed by atoms with E-state index in [4.69, 9.17) is 0 Å². The maximum atomic E-state index is 9.58. The molecule has 14 heavy (non-hydrogen) atoms. The van der Waals surface area contributed by atoms with Crippen LogP contribution in [0, 0.1) is 0 Å². The number of hydrogen-bond acceptors (Lipinski definition) is 1. The van der Waals surface area contributed by atoms with Crippen molar-refractivity contribution < 1.29 is 5.11 Å². The highest BCUT2D eigenvalue weighted by molar-refractivity contribution is 7.55. The summed E-state index contributed by atoms with van der Waals surface area (Å²) in [5, 5.41) is 11.8. The first-order valence-electron chi connectivity index (χ1n) is 4.46. The molecule has 0 heterocycles. The Balaban J connectivity index is 2.24. The lowest BCUT2D eigenvalue weighted by Gasteiger charge is -2.03. The summed E-state index contributed by atoms with van der Waals surface area (Å²) in [5.74, 6) is 0.384. The predicted molar refractivity (Wildman–Crippen MR) is 62.1 cm³/mol. The summed E-state index contributed by atoms with van der Waals surface area (Å²) in [6, 6.07) is 17.7. The third-order valence-corrected chi connectivity index (χ3v) is 3.27. The molecule has 0 aliphatic carbocycles. The first-order chi connectivity index (χ1) is 6.86. The van der Waals surface area contributed by atoms with Gasteiger partial charge in [-0.1, -0.05) is 57.1 Å². The first kappa shape index (κ1) is 9.23. The lowest BCUT2D eigenvalue weighted by Crippen LogP contribution is -2.02. The summed E-state index contributed by atoms with van der Waals surface area (Å²) in [6.45, 7) is 0. The van der Waals surface area contributed by atoms with Gasteiger partial charge >= 0.3 is 0 Å². The topological polar surface area (TPSA) is 20.2 Å². The van der Waals surface area contributed by atoms with Crippen LogP contribution in [0.4, 0.5) is 0 Å². The fraction of sp³-hybridized carbons (Fsp3) is 0. The number of phenolic OH excluding ortho intramolecular Hbond substituents is 1. The average Bonchev–Trinajstić information content (AvgIpc) is 2.23. The molecule has 0 bridgehead atoms. The number of benzene rings is 2. The normalized spacial score (nSPS) is 10.9. The largest absolute Gasteiger partial charge is 0.507 e. The van der Waals surface area contributed by atoms with Crippen LogP contribution in [0.1, 0.15) is 0 Å². The highest BCUT2D eigenvalue weighted by Crippen LogP contribution is 2.17. The summed E-state index contributed by atoms with van der Waals surface area (Å²) in [6.07, 6.45) is 0. The van der Waals surface area contributed by atoms with E-state index in [-0.39, 0.29) is 0 Å². The van der Waals surface area contributed by atoms with E-state index in [1.54, 1.807) is 6.07 Å². The van der Waals surface area contributed by atoms with Crippen LogP contribution in [0.25, 0.3) is 0 Å². The zero-order valence-electron chi connectivity index (χ0n) is 7.64. The van der Waals surface area contributed by atoms with Crippen molar-refractivity contribution in [3.63, 3.8) is 0 Å². The SMILES string of the molecule is Oc1ccccc1Pc1ccccc1. The second kappa shape index (κ2) is 4.26. The molecule has 70 valence electrons. The van der Waals surface area contributed by atoms with Gasteiger partial charge in [-0.05, 0) is 11.4 Å². The Morgan fingerprint density at radius 2 is 1.43 bits per heavy atom. The summed E-state index contributed by atoms with van der Waals surface area (Å²) in [4.78, 5) is 0. The van der Waals surface area contributed by atoms with Gasteiger partial charge in [0, 0.05) is 5.30 Å². The van der Waals surface area contributed by atoms with Crippen molar-refractivity contribution in [2.75, 3.05) is 0 Å². The molecule has 0 fully saturated rings. The minimum atomic E-state index is 0.384. The molecule has 0 aromatic heterocycles. The van der Waals surface area contributed by atoms with Crippen LogP contribution in [0.3, 0.4) is 0 Å². The molecule has 2 aromatic rings. The van der Waals surface area contributed by atoms with Crippen molar-refractivity contribution in [1.29, 1.82) is 0 Å². The van der Waals surface area contributed by atoms with E-state index in [1.807, 2.05) is 36.4 Å². The zero-order valence-corrected chi connectivity index (χ0v) is 8.64. The van der Waals surface area contributed by atoms with E-state index in [0.717, 1.165) is 5.30 Å². The van der Waals surface area contributed by atoms with Crippen molar-refractivity contribution in [2.45, 2.75) is 0 Å². The maximum absolute atomic E-state index is 9.58.